The van der Waals surface area contributed by atoms with Crippen LogP contribution in [-0.4, -0.2) is 10.8 Å². The Hall–Kier alpha value is -1.74. The van der Waals surface area contributed by atoms with Gasteiger partial charge in [-0.05, 0) is 35.2 Å². The number of ketones is 1. The molecular formula is C12H9NOS. The summed E-state index contributed by atoms with van der Waals surface area (Å²) in [6, 6.07) is 5.57. The zero-order valence-corrected chi connectivity index (χ0v) is 8.78. The van der Waals surface area contributed by atoms with Gasteiger partial charge in [0.05, 0.1) is 0 Å². The molecule has 2 nitrogen and oxygen atoms in total. The molecule has 15 heavy (non-hydrogen) atoms. The van der Waals surface area contributed by atoms with E-state index in [0.717, 1.165) is 11.1 Å². The fourth-order valence-electron chi connectivity index (χ4n) is 1.15. The Bertz CT molecular complexity index is 460. The number of allylic oxidation sites excluding steroid dienone is 1. The molecule has 2 heterocycles. The molecule has 2 aromatic heterocycles. The van der Waals surface area contributed by atoms with Crippen LogP contribution in [0.1, 0.15) is 15.9 Å². The predicted molar refractivity (Wildman–Crippen MR) is 61.9 cm³/mol. The van der Waals surface area contributed by atoms with Crippen LogP contribution in [0.15, 0.2) is 47.4 Å². The van der Waals surface area contributed by atoms with Crippen molar-refractivity contribution >= 4 is 23.2 Å². The van der Waals surface area contributed by atoms with Crippen molar-refractivity contribution in [3.63, 3.8) is 0 Å². The van der Waals surface area contributed by atoms with Crippen molar-refractivity contribution in [2.75, 3.05) is 0 Å². The van der Waals surface area contributed by atoms with Gasteiger partial charge in [0.25, 0.3) is 0 Å². The minimum atomic E-state index is 0.0279. The van der Waals surface area contributed by atoms with E-state index in [1.807, 2.05) is 29.0 Å². The van der Waals surface area contributed by atoms with Crippen LogP contribution in [0.3, 0.4) is 0 Å². The number of nitrogens with zero attached hydrogens (tertiary/aromatic N) is 1. The van der Waals surface area contributed by atoms with Gasteiger partial charge in [-0.25, -0.2) is 0 Å². The molecule has 0 saturated carbocycles. The predicted octanol–water partition coefficient (Wildman–Crippen LogP) is 3.04. The van der Waals surface area contributed by atoms with E-state index in [4.69, 9.17) is 0 Å². The average molecular weight is 215 g/mol. The summed E-state index contributed by atoms with van der Waals surface area (Å²) < 4.78 is 0. The highest BCUT2D eigenvalue weighted by Gasteiger charge is 2.00. The summed E-state index contributed by atoms with van der Waals surface area (Å²) in [6.07, 6.45) is 6.77. The lowest BCUT2D eigenvalue weighted by atomic mass is 10.2. The van der Waals surface area contributed by atoms with Gasteiger partial charge in [0.2, 0.25) is 0 Å². The van der Waals surface area contributed by atoms with Crippen molar-refractivity contribution in [1.82, 2.24) is 4.98 Å². The summed E-state index contributed by atoms with van der Waals surface area (Å²) in [4.78, 5) is 15.5. The topological polar surface area (TPSA) is 30.0 Å². The molecule has 2 rings (SSSR count). The molecule has 0 aromatic carbocycles. The second-order valence-electron chi connectivity index (χ2n) is 3.00. The summed E-state index contributed by atoms with van der Waals surface area (Å²) in [5.74, 6) is 0.0279. The van der Waals surface area contributed by atoms with Gasteiger partial charge in [0.15, 0.2) is 5.78 Å². The standard InChI is InChI=1S/C12H9NOS/c14-12(11-5-7-15-9-11)4-3-10-2-1-6-13-8-10/h1-9H. The van der Waals surface area contributed by atoms with Crippen LogP contribution in [0.5, 0.6) is 0 Å². The van der Waals surface area contributed by atoms with Gasteiger partial charge in [0.1, 0.15) is 0 Å². The van der Waals surface area contributed by atoms with Gasteiger partial charge >= 0.3 is 0 Å². The second-order valence-corrected chi connectivity index (χ2v) is 3.78. The molecule has 0 bridgehead atoms. The zero-order chi connectivity index (χ0) is 10.5. The van der Waals surface area contributed by atoms with Crippen molar-refractivity contribution in [3.8, 4) is 0 Å². The Morgan fingerprint density at radius 1 is 1.40 bits per heavy atom. The third-order valence-corrected chi connectivity index (χ3v) is 2.60. The molecule has 0 radical (unpaired) electrons. The van der Waals surface area contributed by atoms with Crippen LogP contribution >= 0.6 is 11.3 Å². The first-order valence-electron chi connectivity index (χ1n) is 4.51. The van der Waals surface area contributed by atoms with Crippen LogP contribution < -0.4 is 0 Å². The molecule has 0 amide bonds. The van der Waals surface area contributed by atoms with E-state index in [1.54, 1.807) is 24.5 Å². The summed E-state index contributed by atoms with van der Waals surface area (Å²) in [5, 5.41) is 3.74. The Morgan fingerprint density at radius 2 is 2.33 bits per heavy atom. The Morgan fingerprint density at radius 3 is 3.00 bits per heavy atom. The van der Waals surface area contributed by atoms with Gasteiger partial charge in [0, 0.05) is 23.3 Å². The highest BCUT2D eigenvalue weighted by molar-refractivity contribution is 7.08. The molecular weight excluding hydrogens is 206 g/mol. The molecule has 0 unspecified atom stereocenters. The number of hydrogen-bond donors (Lipinski definition) is 0. The molecule has 0 aliphatic heterocycles. The lowest BCUT2D eigenvalue weighted by Crippen LogP contribution is -1.90. The smallest absolute Gasteiger partial charge is 0.186 e. The third-order valence-electron chi connectivity index (χ3n) is 1.92. The normalized spacial score (nSPS) is 10.7. The quantitative estimate of drug-likeness (QED) is 0.582. The zero-order valence-electron chi connectivity index (χ0n) is 7.96. The maximum atomic E-state index is 11.6. The van der Waals surface area contributed by atoms with E-state index < -0.39 is 0 Å². The van der Waals surface area contributed by atoms with E-state index in [1.165, 1.54) is 11.3 Å². The molecule has 0 aliphatic carbocycles. The first-order chi connectivity index (χ1) is 7.36. The van der Waals surface area contributed by atoms with Gasteiger partial charge < -0.3 is 0 Å². The largest absolute Gasteiger partial charge is 0.289 e. The monoisotopic (exact) mass is 215 g/mol. The molecule has 3 heteroatoms. The summed E-state index contributed by atoms with van der Waals surface area (Å²) in [6.45, 7) is 0. The van der Waals surface area contributed by atoms with E-state index >= 15 is 0 Å². The Balaban J connectivity index is 2.10. The number of carbonyl (C=O) groups excluding carboxylic acids is 1. The van der Waals surface area contributed by atoms with E-state index in [0.29, 0.717) is 0 Å². The molecule has 0 spiro atoms. The minimum Gasteiger partial charge on any atom is -0.289 e. The van der Waals surface area contributed by atoms with Crippen LogP contribution in [0.25, 0.3) is 6.08 Å². The van der Waals surface area contributed by atoms with Crippen LogP contribution in [-0.2, 0) is 0 Å². The molecule has 74 valence electrons. The van der Waals surface area contributed by atoms with E-state index in [-0.39, 0.29) is 5.78 Å². The van der Waals surface area contributed by atoms with Crippen molar-refractivity contribution in [2.45, 2.75) is 0 Å². The van der Waals surface area contributed by atoms with Crippen molar-refractivity contribution in [1.29, 1.82) is 0 Å². The fraction of sp³-hybridized carbons (Fsp3) is 0. The lowest BCUT2D eigenvalue weighted by molar-refractivity contribution is 0.104. The second kappa shape index (κ2) is 4.66. The number of thiophene rings is 1. The third kappa shape index (κ3) is 2.60. The Kier molecular flexibility index (Phi) is 3.05. The number of hydrogen-bond acceptors (Lipinski definition) is 3. The summed E-state index contributed by atoms with van der Waals surface area (Å²) >= 11 is 1.52. The minimum absolute atomic E-state index is 0.0279. The Labute approximate surface area is 91.9 Å². The SMILES string of the molecule is O=C(C=Cc1cccnc1)c1ccsc1. The average Bonchev–Trinajstić information content (AvgIpc) is 2.81. The molecule has 2 aromatic rings. The number of rotatable bonds is 3. The highest BCUT2D eigenvalue weighted by Crippen LogP contribution is 2.08. The van der Waals surface area contributed by atoms with E-state index in [2.05, 4.69) is 4.98 Å². The number of carbonyl (C=O) groups is 1. The molecule has 0 N–H and O–H groups in total. The van der Waals surface area contributed by atoms with Crippen LogP contribution in [0, 0.1) is 0 Å². The van der Waals surface area contributed by atoms with Crippen LogP contribution in [0.4, 0.5) is 0 Å². The van der Waals surface area contributed by atoms with Crippen molar-refractivity contribution in [2.24, 2.45) is 0 Å². The first-order valence-corrected chi connectivity index (χ1v) is 5.45. The van der Waals surface area contributed by atoms with Crippen molar-refractivity contribution in [3.05, 3.63) is 58.6 Å². The molecule has 0 saturated heterocycles. The number of pyridine rings is 1. The lowest BCUT2D eigenvalue weighted by Gasteiger charge is -1.90. The van der Waals surface area contributed by atoms with Crippen molar-refractivity contribution < 1.29 is 4.79 Å². The fourth-order valence-corrected chi connectivity index (χ4v) is 1.79. The molecule has 0 aliphatic rings. The molecule has 0 atom stereocenters. The highest BCUT2D eigenvalue weighted by atomic mass is 32.1. The van der Waals surface area contributed by atoms with Gasteiger partial charge in [-0.2, -0.15) is 11.3 Å². The maximum absolute atomic E-state index is 11.6. The number of aromatic nitrogens is 1. The van der Waals surface area contributed by atoms with E-state index in [9.17, 15) is 4.79 Å². The van der Waals surface area contributed by atoms with Crippen LogP contribution in [0.2, 0.25) is 0 Å². The van der Waals surface area contributed by atoms with Gasteiger partial charge in [-0.3, -0.25) is 9.78 Å². The van der Waals surface area contributed by atoms with Gasteiger partial charge in [-0.1, -0.05) is 6.07 Å². The summed E-state index contributed by atoms with van der Waals surface area (Å²) in [7, 11) is 0. The molecule has 0 fully saturated rings. The maximum Gasteiger partial charge on any atom is 0.186 e. The van der Waals surface area contributed by atoms with Gasteiger partial charge in [-0.15, -0.1) is 0 Å². The first kappa shape index (κ1) is 9.80. The summed E-state index contributed by atoms with van der Waals surface area (Å²) in [5.41, 5.74) is 1.67.